The molecule has 1 rings (SSSR count). The maximum Gasteiger partial charge on any atom is 0.00390 e. The van der Waals surface area contributed by atoms with Gasteiger partial charge in [0.05, 0.1) is 0 Å². The van der Waals surface area contributed by atoms with E-state index in [-0.39, 0.29) is 12.4 Å². The molecule has 0 radical (unpaired) electrons. The molecule has 2 heteroatoms. The standard InChI is InChI=1S/C10H21N.ClH/c1-10(2,3)8-4-6-9(11)7-5-8;/h8-9H,4-7,11H2,1-3H3;1H. The fourth-order valence-corrected chi connectivity index (χ4v) is 1.99. The van der Waals surface area contributed by atoms with Crippen LogP contribution in [-0.2, 0) is 0 Å². The second-order valence-electron chi connectivity index (χ2n) is 4.98. The lowest BCUT2D eigenvalue weighted by molar-refractivity contribution is 0.170. The average Bonchev–Trinajstić information content (AvgIpc) is 1.86. The van der Waals surface area contributed by atoms with E-state index in [4.69, 9.17) is 5.73 Å². The molecule has 0 aromatic rings. The first-order valence-electron chi connectivity index (χ1n) is 4.76. The molecule has 0 amide bonds. The van der Waals surface area contributed by atoms with Crippen LogP contribution in [0.25, 0.3) is 0 Å². The van der Waals surface area contributed by atoms with E-state index in [1.165, 1.54) is 25.7 Å². The molecule has 12 heavy (non-hydrogen) atoms. The number of hydrogen-bond donors (Lipinski definition) is 1. The summed E-state index contributed by atoms with van der Waals surface area (Å²) < 4.78 is 0. The summed E-state index contributed by atoms with van der Waals surface area (Å²) in [7, 11) is 0. The number of halogens is 1. The predicted molar refractivity (Wildman–Crippen MR) is 56.6 cm³/mol. The lowest BCUT2D eigenvalue weighted by Gasteiger charge is -2.35. The van der Waals surface area contributed by atoms with E-state index in [0.717, 1.165) is 5.92 Å². The van der Waals surface area contributed by atoms with Gasteiger partial charge in [-0.3, -0.25) is 0 Å². The summed E-state index contributed by atoms with van der Waals surface area (Å²) in [6.07, 6.45) is 5.15. The third-order valence-corrected chi connectivity index (χ3v) is 3.00. The lowest BCUT2D eigenvalue weighted by atomic mass is 9.71. The molecule has 0 aromatic carbocycles. The molecule has 1 fully saturated rings. The molecule has 0 bridgehead atoms. The molecule has 0 aromatic heterocycles. The van der Waals surface area contributed by atoms with Crippen LogP contribution in [0.5, 0.6) is 0 Å². The van der Waals surface area contributed by atoms with E-state index >= 15 is 0 Å². The normalized spacial score (nSPS) is 31.0. The van der Waals surface area contributed by atoms with Gasteiger partial charge in [-0.1, -0.05) is 20.8 Å². The van der Waals surface area contributed by atoms with Gasteiger partial charge in [-0.2, -0.15) is 0 Å². The number of nitrogens with two attached hydrogens (primary N) is 1. The Hall–Kier alpha value is 0.250. The van der Waals surface area contributed by atoms with Crippen LogP contribution in [0.1, 0.15) is 46.5 Å². The summed E-state index contributed by atoms with van der Waals surface area (Å²) in [5, 5.41) is 0. The topological polar surface area (TPSA) is 26.0 Å². The minimum atomic E-state index is 0. The molecule has 1 saturated carbocycles. The second kappa shape index (κ2) is 4.48. The van der Waals surface area contributed by atoms with Gasteiger partial charge in [0.2, 0.25) is 0 Å². The van der Waals surface area contributed by atoms with Crippen LogP contribution in [0.3, 0.4) is 0 Å². The summed E-state index contributed by atoms with van der Waals surface area (Å²) in [6, 6.07) is 0.494. The van der Waals surface area contributed by atoms with Crippen molar-refractivity contribution in [2.75, 3.05) is 0 Å². The van der Waals surface area contributed by atoms with Crippen molar-refractivity contribution < 1.29 is 0 Å². The van der Waals surface area contributed by atoms with Crippen molar-refractivity contribution in [2.45, 2.75) is 52.5 Å². The van der Waals surface area contributed by atoms with Crippen LogP contribution in [0.15, 0.2) is 0 Å². The van der Waals surface area contributed by atoms with Crippen LogP contribution in [0.4, 0.5) is 0 Å². The molecule has 0 saturated heterocycles. The highest BCUT2D eigenvalue weighted by molar-refractivity contribution is 5.85. The molecular weight excluding hydrogens is 170 g/mol. The third kappa shape index (κ3) is 3.32. The first-order valence-corrected chi connectivity index (χ1v) is 4.76. The van der Waals surface area contributed by atoms with Crippen LogP contribution in [0.2, 0.25) is 0 Å². The van der Waals surface area contributed by atoms with Crippen molar-refractivity contribution in [1.82, 2.24) is 0 Å². The minimum absolute atomic E-state index is 0. The fourth-order valence-electron chi connectivity index (χ4n) is 1.99. The van der Waals surface area contributed by atoms with Crippen molar-refractivity contribution in [3.05, 3.63) is 0 Å². The molecule has 2 N–H and O–H groups in total. The van der Waals surface area contributed by atoms with Gasteiger partial charge in [0.15, 0.2) is 0 Å². The Morgan fingerprint density at radius 1 is 1.00 bits per heavy atom. The van der Waals surface area contributed by atoms with Gasteiger partial charge in [-0.05, 0) is 37.0 Å². The van der Waals surface area contributed by atoms with Gasteiger partial charge in [-0.25, -0.2) is 0 Å². The molecule has 1 nitrogen and oxygen atoms in total. The summed E-state index contributed by atoms with van der Waals surface area (Å²) in [5.74, 6) is 0.905. The average molecular weight is 192 g/mol. The van der Waals surface area contributed by atoms with Crippen LogP contribution < -0.4 is 5.73 Å². The predicted octanol–water partition coefficient (Wildman–Crippen LogP) is 2.97. The zero-order chi connectivity index (χ0) is 8.48. The largest absolute Gasteiger partial charge is 0.328 e. The van der Waals surface area contributed by atoms with Crippen molar-refractivity contribution in [3.8, 4) is 0 Å². The van der Waals surface area contributed by atoms with E-state index in [0.29, 0.717) is 11.5 Å². The number of rotatable bonds is 0. The molecule has 0 atom stereocenters. The molecule has 0 spiro atoms. The smallest absolute Gasteiger partial charge is 0.00390 e. The highest BCUT2D eigenvalue weighted by Gasteiger charge is 2.28. The maximum absolute atomic E-state index is 5.84. The van der Waals surface area contributed by atoms with Crippen molar-refractivity contribution in [3.63, 3.8) is 0 Å². The zero-order valence-corrected chi connectivity index (χ0v) is 9.29. The molecule has 1 aliphatic carbocycles. The van der Waals surface area contributed by atoms with Gasteiger partial charge in [0.25, 0.3) is 0 Å². The Balaban J connectivity index is 0.00000121. The zero-order valence-electron chi connectivity index (χ0n) is 8.47. The van der Waals surface area contributed by atoms with Gasteiger partial charge in [0, 0.05) is 6.04 Å². The van der Waals surface area contributed by atoms with E-state index in [1.807, 2.05) is 0 Å². The fraction of sp³-hybridized carbons (Fsp3) is 1.00. The number of hydrogen-bond acceptors (Lipinski definition) is 1. The van der Waals surface area contributed by atoms with Crippen LogP contribution >= 0.6 is 12.4 Å². The SMILES string of the molecule is CC(C)(C)C1CCC(N)CC1.Cl. The van der Waals surface area contributed by atoms with E-state index < -0.39 is 0 Å². The van der Waals surface area contributed by atoms with Gasteiger partial charge >= 0.3 is 0 Å². The maximum atomic E-state index is 5.84. The molecule has 0 heterocycles. The van der Waals surface area contributed by atoms with E-state index in [2.05, 4.69) is 20.8 Å². The molecule has 74 valence electrons. The van der Waals surface area contributed by atoms with Crippen molar-refractivity contribution in [2.24, 2.45) is 17.1 Å². The third-order valence-electron chi connectivity index (χ3n) is 3.00. The second-order valence-corrected chi connectivity index (χ2v) is 4.98. The van der Waals surface area contributed by atoms with Crippen molar-refractivity contribution in [1.29, 1.82) is 0 Å². The Morgan fingerprint density at radius 3 is 1.75 bits per heavy atom. The lowest BCUT2D eigenvalue weighted by Crippen LogP contribution is -2.31. The van der Waals surface area contributed by atoms with Crippen molar-refractivity contribution >= 4 is 12.4 Å². The van der Waals surface area contributed by atoms with E-state index in [9.17, 15) is 0 Å². The first kappa shape index (κ1) is 12.2. The summed E-state index contributed by atoms with van der Waals surface area (Å²) in [4.78, 5) is 0. The van der Waals surface area contributed by atoms with Gasteiger partial charge in [0.1, 0.15) is 0 Å². The first-order chi connectivity index (χ1) is 5.00. The Labute approximate surface area is 82.5 Å². The van der Waals surface area contributed by atoms with Gasteiger partial charge < -0.3 is 5.73 Å². The highest BCUT2D eigenvalue weighted by atomic mass is 35.5. The highest BCUT2D eigenvalue weighted by Crippen LogP contribution is 2.37. The molecule has 0 aliphatic heterocycles. The minimum Gasteiger partial charge on any atom is -0.328 e. The Morgan fingerprint density at radius 2 is 1.42 bits per heavy atom. The Bertz CT molecular complexity index is 120. The molecule has 1 aliphatic rings. The monoisotopic (exact) mass is 191 g/mol. The van der Waals surface area contributed by atoms with E-state index in [1.54, 1.807) is 0 Å². The molecule has 0 unspecified atom stereocenters. The quantitative estimate of drug-likeness (QED) is 0.626. The summed E-state index contributed by atoms with van der Waals surface area (Å²) >= 11 is 0. The van der Waals surface area contributed by atoms with Crippen LogP contribution in [-0.4, -0.2) is 6.04 Å². The Kier molecular flexibility index (Phi) is 4.57. The summed E-state index contributed by atoms with van der Waals surface area (Å²) in [5.41, 5.74) is 6.34. The van der Waals surface area contributed by atoms with Gasteiger partial charge in [-0.15, -0.1) is 12.4 Å². The van der Waals surface area contributed by atoms with Crippen LogP contribution in [0, 0.1) is 11.3 Å². The molecular formula is C10H22ClN. The summed E-state index contributed by atoms with van der Waals surface area (Å²) in [6.45, 7) is 7.03.